The van der Waals surface area contributed by atoms with E-state index >= 15 is 0 Å². The molecule has 0 spiro atoms. The van der Waals surface area contributed by atoms with Crippen molar-refractivity contribution in [1.29, 1.82) is 0 Å². The van der Waals surface area contributed by atoms with Crippen molar-refractivity contribution >= 4 is 17.6 Å². The third kappa shape index (κ3) is 5.07. The van der Waals surface area contributed by atoms with Crippen LogP contribution in [0.15, 0.2) is 36.0 Å². The summed E-state index contributed by atoms with van der Waals surface area (Å²) in [6, 6.07) is 5.26. The maximum Gasteiger partial charge on any atom is 0.332 e. The lowest BCUT2D eigenvalue weighted by atomic mass is 10.2. The number of carbonyl (C=O) groups is 2. The second-order valence-corrected chi connectivity index (χ2v) is 3.69. The molecule has 3 N–H and O–H groups in total. The molecule has 0 fully saturated rings. The number of amides is 1. The Kier molecular flexibility index (Phi) is 6.18. The Labute approximate surface area is 115 Å². The van der Waals surface area contributed by atoms with Gasteiger partial charge >= 0.3 is 5.97 Å². The molecule has 0 saturated heterocycles. The number of benzene rings is 1. The van der Waals surface area contributed by atoms with Crippen LogP contribution in [0.3, 0.4) is 0 Å². The topological polar surface area (TPSA) is 87.7 Å². The average Bonchev–Trinajstić information content (AvgIpc) is 2.46. The number of halogens is 1. The quantitative estimate of drug-likeness (QED) is 0.519. The summed E-state index contributed by atoms with van der Waals surface area (Å²) in [5, 5.41) is 13.7. The van der Waals surface area contributed by atoms with Gasteiger partial charge in [0.15, 0.2) is 0 Å². The summed E-state index contributed by atoms with van der Waals surface area (Å²) < 4.78 is 17.2. The second kappa shape index (κ2) is 7.90. The highest BCUT2D eigenvalue weighted by molar-refractivity contribution is 6.01. The minimum Gasteiger partial charge on any atom is -0.466 e. The van der Waals surface area contributed by atoms with Crippen LogP contribution in [0.25, 0.3) is 0 Å². The van der Waals surface area contributed by atoms with E-state index in [9.17, 15) is 14.0 Å². The molecule has 0 heterocycles. The van der Waals surface area contributed by atoms with E-state index in [0.717, 1.165) is 6.08 Å². The first-order valence-corrected chi connectivity index (χ1v) is 5.78. The monoisotopic (exact) mass is 282 g/mol. The summed E-state index contributed by atoms with van der Waals surface area (Å²) in [5.74, 6) is -1.72. The third-order valence-corrected chi connectivity index (χ3v) is 2.23. The Morgan fingerprint density at radius 3 is 2.55 bits per heavy atom. The standard InChI is InChI=1S/C13H15FN2O4/c1-20-12(18)8-11(13(19)15-6-7-17)16-10-4-2-9(14)3-5-10/h2-5,8,16-17H,6-7H2,1H3,(H,15,19)/b11-8-. The Bertz CT molecular complexity index is 500. The number of nitrogens with one attached hydrogen (secondary N) is 2. The summed E-state index contributed by atoms with van der Waals surface area (Å²) in [6.45, 7) is -0.184. The molecule has 7 heteroatoms. The van der Waals surface area contributed by atoms with Gasteiger partial charge in [-0.1, -0.05) is 0 Å². The number of carbonyl (C=O) groups excluding carboxylic acids is 2. The van der Waals surface area contributed by atoms with Gasteiger partial charge in [0.05, 0.1) is 19.8 Å². The Hall–Kier alpha value is -2.41. The van der Waals surface area contributed by atoms with Crippen molar-refractivity contribution in [2.24, 2.45) is 0 Å². The van der Waals surface area contributed by atoms with E-state index in [1.165, 1.54) is 31.4 Å². The van der Waals surface area contributed by atoms with E-state index in [4.69, 9.17) is 5.11 Å². The van der Waals surface area contributed by atoms with Gasteiger partial charge in [-0.05, 0) is 24.3 Å². The van der Waals surface area contributed by atoms with E-state index in [1.54, 1.807) is 0 Å². The van der Waals surface area contributed by atoms with Crippen molar-refractivity contribution in [3.63, 3.8) is 0 Å². The van der Waals surface area contributed by atoms with Crippen LogP contribution in [0.2, 0.25) is 0 Å². The van der Waals surface area contributed by atoms with Crippen molar-refractivity contribution in [1.82, 2.24) is 5.32 Å². The molecule has 0 unspecified atom stereocenters. The van der Waals surface area contributed by atoms with Crippen LogP contribution in [0, 0.1) is 5.82 Å². The molecule has 1 aromatic carbocycles. The fraction of sp³-hybridized carbons (Fsp3) is 0.231. The molecule has 0 radical (unpaired) electrons. The molecular formula is C13H15FN2O4. The van der Waals surface area contributed by atoms with Crippen LogP contribution >= 0.6 is 0 Å². The van der Waals surface area contributed by atoms with Gasteiger partial charge < -0.3 is 20.5 Å². The molecule has 0 bridgehead atoms. The summed E-state index contributed by atoms with van der Waals surface area (Å²) in [4.78, 5) is 23.0. The molecule has 1 aromatic rings. The number of ether oxygens (including phenoxy) is 1. The minimum atomic E-state index is -0.714. The third-order valence-electron chi connectivity index (χ3n) is 2.23. The Morgan fingerprint density at radius 1 is 1.35 bits per heavy atom. The fourth-order valence-corrected chi connectivity index (χ4v) is 1.29. The predicted molar refractivity (Wildman–Crippen MR) is 70.2 cm³/mol. The lowest BCUT2D eigenvalue weighted by Gasteiger charge is -2.10. The van der Waals surface area contributed by atoms with Crippen molar-refractivity contribution in [3.05, 3.63) is 41.9 Å². The number of hydrogen-bond acceptors (Lipinski definition) is 5. The molecule has 1 amide bonds. The highest BCUT2D eigenvalue weighted by Gasteiger charge is 2.12. The Balaban J connectivity index is 2.87. The largest absolute Gasteiger partial charge is 0.466 e. The van der Waals surface area contributed by atoms with Crippen LogP contribution in [0.5, 0.6) is 0 Å². The number of aliphatic hydroxyl groups is 1. The summed E-state index contributed by atoms with van der Waals surface area (Å²) in [5.41, 5.74) is 0.359. The van der Waals surface area contributed by atoms with E-state index < -0.39 is 17.7 Å². The van der Waals surface area contributed by atoms with Gasteiger partial charge in [0.1, 0.15) is 11.5 Å². The maximum absolute atomic E-state index is 12.8. The van der Waals surface area contributed by atoms with Gasteiger partial charge in [0, 0.05) is 12.2 Å². The lowest BCUT2D eigenvalue weighted by molar-refractivity contribution is -0.135. The molecule has 0 atom stereocenters. The maximum atomic E-state index is 12.8. The van der Waals surface area contributed by atoms with Gasteiger partial charge in [-0.15, -0.1) is 0 Å². The van der Waals surface area contributed by atoms with Gasteiger partial charge in [0.2, 0.25) is 0 Å². The summed E-state index contributed by atoms with van der Waals surface area (Å²) in [7, 11) is 1.18. The number of aliphatic hydroxyl groups excluding tert-OH is 1. The number of esters is 1. The zero-order valence-electron chi connectivity index (χ0n) is 10.9. The predicted octanol–water partition coefficient (Wildman–Crippen LogP) is 0.403. The normalized spacial score (nSPS) is 10.8. The molecule has 0 aliphatic rings. The number of hydrogen-bond donors (Lipinski definition) is 3. The van der Waals surface area contributed by atoms with E-state index in [-0.39, 0.29) is 18.8 Å². The summed E-state index contributed by atoms with van der Waals surface area (Å²) in [6.07, 6.45) is 0.968. The molecule has 0 aliphatic heterocycles. The van der Waals surface area contributed by atoms with Crippen molar-refractivity contribution < 1.29 is 23.8 Å². The van der Waals surface area contributed by atoms with Crippen LogP contribution in [0.1, 0.15) is 0 Å². The molecule has 108 valence electrons. The van der Waals surface area contributed by atoms with Crippen molar-refractivity contribution in [2.75, 3.05) is 25.6 Å². The minimum absolute atomic E-state index is 0.0441. The summed E-state index contributed by atoms with van der Waals surface area (Å²) >= 11 is 0. The van der Waals surface area contributed by atoms with Crippen LogP contribution < -0.4 is 10.6 Å². The van der Waals surface area contributed by atoms with Crippen LogP contribution in [0.4, 0.5) is 10.1 Å². The second-order valence-electron chi connectivity index (χ2n) is 3.69. The molecule has 0 aliphatic carbocycles. The molecule has 1 rings (SSSR count). The smallest absolute Gasteiger partial charge is 0.332 e. The first-order valence-electron chi connectivity index (χ1n) is 5.78. The van der Waals surface area contributed by atoms with Crippen molar-refractivity contribution in [2.45, 2.75) is 0 Å². The van der Waals surface area contributed by atoms with Crippen molar-refractivity contribution in [3.8, 4) is 0 Å². The number of rotatable bonds is 6. The average molecular weight is 282 g/mol. The number of anilines is 1. The molecule has 0 aromatic heterocycles. The van der Waals surface area contributed by atoms with Gasteiger partial charge in [-0.2, -0.15) is 0 Å². The Morgan fingerprint density at radius 2 is 2.00 bits per heavy atom. The van der Waals surface area contributed by atoms with E-state index in [1.807, 2.05) is 0 Å². The van der Waals surface area contributed by atoms with Gasteiger partial charge in [-0.25, -0.2) is 9.18 Å². The molecule has 6 nitrogen and oxygen atoms in total. The highest BCUT2D eigenvalue weighted by atomic mass is 19.1. The SMILES string of the molecule is COC(=O)/C=C(\Nc1ccc(F)cc1)C(=O)NCCO. The first-order chi connectivity index (χ1) is 9.56. The molecule has 20 heavy (non-hydrogen) atoms. The van der Waals surface area contributed by atoms with Crippen LogP contribution in [-0.4, -0.2) is 37.2 Å². The van der Waals surface area contributed by atoms with Gasteiger partial charge in [-0.3, -0.25) is 4.79 Å². The van der Waals surface area contributed by atoms with Crippen LogP contribution in [-0.2, 0) is 14.3 Å². The molecule has 0 saturated carbocycles. The zero-order valence-corrected chi connectivity index (χ0v) is 10.9. The zero-order chi connectivity index (χ0) is 15.0. The van der Waals surface area contributed by atoms with Gasteiger partial charge in [0.25, 0.3) is 5.91 Å². The van der Waals surface area contributed by atoms with E-state index in [0.29, 0.717) is 5.69 Å². The lowest BCUT2D eigenvalue weighted by Crippen LogP contribution is -2.31. The fourth-order valence-electron chi connectivity index (χ4n) is 1.29. The molecular weight excluding hydrogens is 267 g/mol. The first kappa shape index (κ1) is 15.6. The van der Waals surface area contributed by atoms with E-state index in [2.05, 4.69) is 15.4 Å². The highest BCUT2D eigenvalue weighted by Crippen LogP contribution is 2.11. The number of methoxy groups -OCH3 is 1.